The van der Waals surface area contributed by atoms with Crippen LogP contribution in [0.2, 0.25) is 0 Å². The number of amides is 1. The third-order valence-electron chi connectivity index (χ3n) is 18.9. The van der Waals surface area contributed by atoms with E-state index in [9.17, 15) is 9.59 Å². The lowest BCUT2D eigenvalue weighted by Gasteiger charge is -2.64. The summed E-state index contributed by atoms with van der Waals surface area (Å²) in [4.78, 5) is 28.3. The minimum Gasteiger partial charge on any atom is -0.462 e. The minimum absolute atomic E-state index is 0.0318. The average molecular weight is 981 g/mol. The lowest BCUT2D eigenvalue weighted by molar-refractivity contribution is -0.165. The molecule has 1 heterocycles. The van der Waals surface area contributed by atoms with E-state index in [1.807, 2.05) is 0 Å². The zero-order valence-corrected chi connectivity index (χ0v) is 46.3. The molecule has 9 heteroatoms. The number of hydrogen-bond donors (Lipinski definition) is 2. The maximum absolute atomic E-state index is 13.0. The molecule has 4 saturated carbocycles. The molecule has 5 fully saturated rings. The Morgan fingerprint density at radius 2 is 1.47 bits per heavy atom. The monoisotopic (exact) mass is 980 g/mol. The van der Waals surface area contributed by atoms with Gasteiger partial charge in [0.15, 0.2) is 0 Å². The molecule has 0 aromatic heterocycles. The molecule has 0 bridgehead atoms. The molecule has 2 unspecified atom stereocenters. The number of unbranched alkanes of at least 4 members (excludes halogenated alkanes) is 9. The highest BCUT2D eigenvalue weighted by atomic mass is 16.6. The number of rotatable bonds is 35. The summed E-state index contributed by atoms with van der Waals surface area (Å²) >= 11 is 0. The molecule has 9 nitrogen and oxygen atoms in total. The third-order valence-corrected chi connectivity index (χ3v) is 18.9. The first kappa shape index (κ1) is 59.1. The van der Waals surface area contributed by atoms with Gasteiger partial charge in [0.05, 0.1) is 39.0 Å². The molecule has 404 valence electrons. The van der Waals surface area contributed by atoms with Crippen molar-refractivity contribution >= 4 is 11.9 Å². The van der Waals surface area contributed by atoms with Gasteiger partial charge in [-0.15, -0.1) is 0 Å². The maximum Gasteiger partial charge on any atom is 0.306 e. The number of allylic oxidation sites excluding steroid dienone is 4. The van der Waals surface area contributed by atoms with Crippen LogP contribution in [0.5, 0.6) is 0 Å². The van der Waals surface area contributed by atoms with Crippen molar-refractivity contribution in [3.8, 4) is 0 Å². The van der Waals surface area contributed by atoms with Gasteiger partial charge in [-0.25, -0.2) is 0 Å². The Morgan fingerprint density at radius 1 is 0.729 bits per heavy atom. The van der Waals surface area contributed by atoms with Crippen LogP contribution in [0.15, 0.2) is 24.3 Å². The van der Waals surface area contributed by atoms with Crippen molar-refractivity contribution in [1.29, 1.82) is 0 Å². The van der Waals surface area contributed by atoms with Crippen molar-refractivity contribution in [2.45, 2.75) is 245 Å². The number of likely N-dealkylation sites (tertiary alicyclic amines) is 1. The van der Waals surface area contributed by atoms with Gasteiger partial charge in [-0.05, 0) is 169 Å². The van der Waals surface area contributed by atoms with Crippen molar-refractivity contribution < 1.29 is 28.5 Å². The molecule has 4 aliphatic carbocycles. The number of ether oxygens (including phenoxy) is 4. The standard InChI is InChI=1S/C61H109N3O6/c1-7-8-9-10-11-12-13-14-15-16-17-18-19-20-21-25-42-68-48-53(47-64-40-23-22-24-41-64)69-45-44-67-43-39-63-57(65)31-32-58(66)70-52-33-36-59(5)51(46-52)29-30-56-55(59)34-37-60(6)54(35-38-61(56,60)62)50(4)28-26-27-49(2)3/h11-12,14-15,49-56H,7-10,13,16-48,62H2,1-6H3,(H,63,65)/b12-11-,15-14-/t50-,51?,52+,53?,54-,55+,56-,59+,60-,61-/m1/s1. The summed E-state index contributed by atoms with van der Waals surface area (Å²) in [5.41, 5.74) is 8.16. The van der Waals surface area contributed by atoms with Gasteiger partial charge in [-0.2, -0.15) is 0 Å². The van der Waals surface area contributed by atoms with Crippen LogP contribution in [0.3, 0.4) is 0 Å². The molecule has 0 aromatic rings. The highest BCUT2D eigenvalue weighted by molar-refractivity contribution is 5.81. The van der Waals surface area contributed by atoms with Crippen molar-refractivity contribution in [1.82, 2.24) is 10.2 Å². The van der Waals surface area contributed by atoms with Crippen LogP contribution in [0.4, 0.5) is 0 Å². The molecule has 5 rings (SSSR count). The molecule has 0 radical (unpaired) electrons. The fraction of sp³-hybridized carbons (Fsp3) is 0.902. The zero-order valence-electron chi connectivity index (χ0n) is 46.3. The Hall–Kier alpha value is -1.78. The lowest BCUT2D eigenvalue weighted by Crippen LogP contribution is -2.66. The second-order valence-corrected chi connectivity index (χ2v) is 24.3. The number of nitrogens with one attached hydrogen (secondary N) is 1. The van der Waals surface area contributed by atoms with Gasteiger partial charge in [0.1, 0.15) is 6.10 Å². The van der Waals surface area contributed by atoms with Gasteiger partial charge in [0.25, 0.3) is 0 Å². The molecular weight excluding hydrogens is 871 g/mol. The largest absolute Gasteiger partial charge is 0.462 e. The molecule has 1 saturated heterocycles. The average Bonchev–Trinajstić information content (AvgIpc) is 3.63. The molecule has 5 aliphatic rings. The third kappa shape index (κ3) is 18.6. The summed E-state index contributed by atoms with van der Waals surface area (Å²) < 4.78 is 24.4. The molecule has 3 N–H and O–H groups in total. The Labute approximate surface area is 430 Å². The summed E-state index contributed by atoms with van der Waals surface area (Å²) in [6.07, 6.45) is 42.8. The Kier molecular flexibility index (Phi) is 26.9. The van der Waals surface area contributed by atoms with Crippen molar-refractivity contribution in [2.24, 2.45) is 52.1 Å². The molecule has 1 amide bonds. The first-order valence-corrected chi connectivity index (χ1v) is 29.9. The molecule has 0 spiro atoms. The number of esters is 1. The predicted octanol–water partition coefficient (Wildman–Crippen LogP) is 13.7. The predicted molar refractivity (Wildman–Crippen MR) is 290 cm³/mol. The van der Waals surface area contributed by atoms with Gasteiger partial charge in [-0.1, -0.05) is 130 Å². The highest BCUT2D eigenvalue weighted by Crippen LogP contribution is 2.69. The Bertz CT molecular complexity index is 1510. The van der Waals surface area contributed by atoms with E-state index < -0.39 is 0 Å². The highest BCUT2D eigenvalue weighted by Gasteiger charge is 2.66. The van der Waals surface area contributed by atoms with E-state index >= 15 is 0 Å². The lowest BCUT2D eigenvalue weighted by atomic mass is 9.42. The summed E-state index contributed by atoms with van der Waals surface area (Å²) in [5.74, 6) is 3.73. The number of nitrogens with two attached hydrogens (primary N) is 1. The van der Waals surface area contributed by atoms with E-state index in [0.717, 1.165) is 76.1 Å². The van der Waals surface area contributed by atoms with E-state index in [0.29, 0.717) is 50.7 Å². The molecule has 70 heavy (non-hydrogen) atoms. The maximum atomic E-state index is 13.0. The summed E-state index contributed by atoms with van der Waals surface area (Å²) in [6.45, 7) is 21.0. The van der Waals surface area contributed by atoms with Crippen LogP contribution in [-0.2, 0) is 28.5 Å². The fourth-order valence-corrected chi connectivity index (χ4v) is 14.6. The van der Waals surface area contributed by atoms with Crippen LogP contribution in [0, 0.1) is 46.3 Å². The second-order valence-electron chi connectivity index (χ2n) is 24.3. The van der Waals surface area contributed by atoms with Crippen LogP contribution in [0.1, 0.15) is 228 Å². The zero-order chi connectivity index (χ0) is 50.1. The number of fused-ring (bicyclic) bond motifs is 5. The number of carbonyl (C=O) groups excluding carboxylic acids is 2. The first-order chi connectivity index (χ1) is 33.9. The van der Waals surface area contributed by atoms with E-state index in [4.69, 9.17) is 24.7 Å². The molecule has 0 aromatic carbocycles. The molecular formula is C61H109N3O6. The van der Waals surface area contributed by atoms with Crippen molar-refractivity contribution in [3.05, 3.63) is 24.3 Å². The Morgan fingerprint density at radius 3 is 2.23 bits per heavy atom. The van der Waals surface area contributed by atoms with Crippen LogP contribution in [-0.4, -0.2) is 93.7 Å². The van der Waals surface area contributed by atoms with Gasteiger partial charge < -0.3 is 34.9 Å². The summed E-state index contributed by atoms with van der Waals surface area (Å²) in [7, 11) is 0. The number of nitrogens with zero attached hydrogens (tertiary/aromatic N) is 1. The number of carbonyl (C=O) groups is 2. The fourth-order valence-electron chi connectivity index (χ4n) is 14.6. The normalized spacial score (nSPS) is 30.1. The van der Waals surface area contributed by atoms with Crippen LogP contribution >= 0.6 is 0 Å². The summed E-state index contributed by atoms with van der Waals surface area (Å²) in [5, 5.41) is 2.93. The smallest absolute Gasteiger partial charge is 0.306 e. The quantitative estimate of drug-likeness (QED) is 0.0367. The van der Waals surface area contributed by atoms with Crippen molar-refractivity contribution in [3.63, 3.8) is 0 Å². The van der Waals surface area contributed by atoms with Crippen LogP contribution < -0.4 is 11.1 Å². The van der Waals surface area contributed by atoms with E-state index in [2.05, 4.69) is 76.1 Å². The topological polar surface area (TPSA) is 112 Å². The molecule has 1 aliphatic heterocycles. The van der Waals surface area contributed by atoms with Gasteiger partial charge in [0, 0.05) is 31.7 Å². The number of hydrogen-bond acceptors (Lipinski definition) is 8. The summed E-state index contributed by atoms with van der Waals surface area (Å²) in [6, 6.07) is 0. The van der Waals surface area contributed by atoms with Gasteiger partial charge in [0.2, 0.25) is 5.91 Å². The molecule has 10 atom stereocenters. The van der Waals surface area contributed by atoms with Crippen molar-refractivity contribution in [2.75, 3.05) is 59.2 Å². The van der Waals surface area contributed by atoms with Crippen LogP contribution in [0.25, 0.3) is 0 Å². The Balaban J connectivity index is 0.886. The second kappa shape index (κ2) is 31.8. The number of piperidine rings is 1. The van der Waals surface area contributed by atoms with E-state index in [1.165, 1.54) is 141 Å². The van der Waals surface area contributed by atoms with Gasteiger partial charge >= 0.3 is 5.97 Å². The minimum atomic E-state index is -0.246. The SMILES string of the molecule is CCCCC/C=C\C/C=C\CCCCCCCCOCC(CN1CCCCC1)OCCOCCNC(=O)CCC(=O)O[C@H]1CC[C@@]2(C)C(CC[C@@H]3[C@@H]2CC[C@]2(C)[C@@H]([C@H](C)CCCC(C)C)CC[C@@]32N)C1. The first-order valence-electron chi connectivity index (χ1n) is 29.9. The van der Waals surface area contributed by atoms with Gasteiger partial charge in [-0.3, -0.25) is 9.59 Å². The van der Waals surface area contributed by atoms with E-state index in [1.54, 1.807) is 0 Å². The van der Waals surface area contributed by atoms with E-state index in [-0.39, 0.29) is 53.3 Å².